The van der Waals surface area contributed by atoms with E-state index in [-0.39, 0.29) is 0 Å². The first-order valence-corrected chi connectivity index (χ1v) is 5.75. The van der Waals surface area contributed by atoms with E-state index in [0.717, 1.165) is 15.9 Å². The molecule has 2 aromatic heterocycles. The minimum absolute atomic E-state index is 0.406. The van der Waals surface area contributed by atoms with E-state index in [4.69, 9.17) is 5.73 Å². The van der Waals surface area contributed by atoms with Gasteiger partial charge in [0, 0.05) is 10.0 Å². The highest BCUT2D eigenvalue weighted by molar-refractivity contribution is 9.10. The van der Waals surface area contributed by atoms with E-state index in [9.17, 15) is 0 Å². The van der Waals surface area contributed by atoms with Crippen molar-refractivity contribution in [2.24, 2.45) is 0 Å². The largest absolute Gasteiger partial charge is 0.382 e. The van der Waals surface area contributed by atoms with Gasteiger partial charge in [-0.25, -0.2) is 15.0 Å². The van der Waals surface area contributed by atoms with E-state index in [1.54, 1.807) is 0 Å². The Balaban J connectivity index is 2.22. The summed E-state index contributed by atoms with van der Waals surface area (Å²) >= 11 is 3.42. The summed E-state index contributed by atoms with van der Waals surface area (Å²) in [7, 11) is 0. The molecular formula is C11H8BrN5. The van der Waals surface area contributed by atoms with E-state index in [0.29, 0.717) is 17.0 Å². The number of fused-ring (bicyclic) bond motifs is 1. The zero-order chi connectivity index (χ0) is 11.8. The lowest BCUT2D eigenvalue weighted by atomic mass is 10.2. The van der Waals surface area contributed by atoms with Crippen LogP contribution in [0.15, 0.2) is 35.1 Å². The average Bonchev–Trinajstić information content (AvgIpc) is 2.74. The number of hydrogen-bond acceptors (Lipinski definition) is 4. The van der Waals surface area contributed by atoms with Gasteiger partial charge in [0.1, 0.15) is 17.7 Å². The fraction of sp³-hybridized carbons (Fsp3) is 0. The van der Waals surface area contributed by atoms with Crippen molar-refractivity contribution in [1.29, 1.82) is 0 Å². The first-order valence-electron chi connectivity index (χ1n) is 4.96. The number of aromatic amines is 1. The second-order valence-corrected chi connectivity index (χ2v) is 4.47. The highest BCUT2D eigenvalue weighted by Crippen LogP contribution is 2.23. The number of hydrogen-bond donors (Lipinski definition) is 2. The van der Waals surface area contributed by atoms with Crippen LogP contribution in [0.1, 0.15) is 0 Å². The average molecular weight is 290 g/mol. The molecule has 3 rings (SSSR count). The highest BCUT2D eigenvalue weighted by atomic mass is 79.9. The van der Waals surface area contributed by atoms with Crippen LogP contribution in [0.25, 0.3) is 22.6 Å². The van der Waals surface area contributed by atoms with E-state index in [2.05, 4.69) is 35.9 Å². The lowest BCUT2D eigenvalue weighted by Crippen LogP contribution is -1.91. The van der Waals surface area contributed by atoms with E-state index in [1.165, 1.54) is 6.33 Å². The molecule has 2 heterocycles. The van der Waals surface area contributed by atoms with Gasteiger partial charge in [-0.05, 0) is 12.1 Å². The van der Waals surface area contributed by atoms with Crippen molar-refractivity contribution in [2.75, 3.05) is 5.73 Å². The van der Waals surface area contributed by atoms with Gasteiger partial charge in [-0.1, -0.05) is 28.1 Å². The van der Waals surface area contributed by atoms with Gasteiger partial charge >= 0.3 is 0 Å². The van der Waals surface area contributed by atoms with Crippen LogP contribution in [0.4, 0.5) is 5.82 Å². The molecule has 0 amide bonds. The third-order valence-electron chi connectivity index (χ3n) is 2.42. The topological polar surface area (TPSA) is 80.5 Å². The van der Waals surface area contributed by atoms with E-state index in [1.807, 2.05) is 24.3 Å². The number of rotatable bonds is 1. The Morgan fingerprint density at radius 3 is 2.88 bits per heavy atom. The summed E-state index contributed by atoms with van der Waals surface area (Å²) in [5, 5.41) is 0. The molecule has 0 aliphatic carbocycles. The maximum atomic E-state index is 5.75. The summed E-state index contributed by atoms with van der Waals surface area (Å²) in [6.07, 6.45) is 1.41. The van der Waals surface area contributed by atoms with Gasteiger partial charge in [-0.3, -0.25) is 0 Å². The fourth-order valence-electron chi connectivity index (χ4n) is 1.62. The molecule has 0 spiro atoms. The molecule has 84 valence electrons. The summed E-state index contributed by atoms with van der Waals surface area (Å²) in [6.45, 7) is 0. The van der Waals surface area contributed by atoms with Crippen LogP contribution in [0.5, 0.6) is 0 Å². The van der Waals surface area contributed by atoms with Crippen molar-refractivity contribution < 1.29 is 0 Å². The van der Waals surface area contributed by atoms with Gasteiger partial charge < -0.3 is 10.7 Å². The number of H-pyrrole nitrogens is 1. The number of aromatic nitrogens is 4. The Bertz CT molecular complexity index is 691. The molecule has 0 fully saturated rings. The Kier molecular flexibility index (Phi) is 2.29. The smallest absolute Gasteiger partial charge is 0.183 e. The Morgan fingerprint density at radius 2 is 2.12 bits per heavy atom. The lowest BCUT2D eigenvalue weighted by Gasteiger charge is -1.96. The SMILES string of the molecule is Nc1ncnc2nc(-c3cccc(Br)c3)[nH]c12. The summed E-state index contributed by atoms with van der Waals surface area (Å²) in [5.74, 6) is 1.14. The van der Waals surface area contributed by atoms with Crippen molar-refractivity contribution in [2.45, 2.75) is 0 Å². The van der Waals surface area contributed by atoms with Crippen LogP contribution in [0, 0.1) is 0 Å². The second-order valence-electron chi connectivity index (χ2n) is 3.55. The van der Waals surface area contributed by atoms with Gasteiger partial charge in [0.2, 0.25) is 0 Å². The van der Waals surface area contributed by atoms with Gasteiger partial charge in [0.15, 0.2) is 11.5 Å². The summed E-state index contributed by atoms with van der Waals surface area (Å²) in [5.41, 5.74) is 7.96. The number of benzene rings is 1. The van der Waals surface area contributed by atoms with Gasteiger partial charge in [-0.15, -0.1) is 0 Å². The quantitative estimate of drug-likeness (QED) is 0.721. The van der Waals surface area contributed by atoms with Gasteiger partial charge in [0.25, 0.3) is 0 Å². The normalized spacial score (nSPS) is 10.9. The number of nitrogens with two attached hydrogens (primary N) is 1. The third-order valence-corrected chi connectivity index (χ3v) is 2.91. The maximum absolute atomic E-state index is 5.75. The molecule has 0 saturated carbocycles. The van der Waals surface area contributed by atoms with Crippen LogP contribution in [0.3, 0.4) is 0 Å². The number of anilines is 1. The van der Waals surface area contributed by atoms with Crippen LogP contribution in [0.2, 0.25) is 0 Å². The molecule has 3 N–H and O–H groups in total. The molecule has 0 aliphatic heterocycles. The molecule has 0 unspecified atom stereocenters. The molecule has 0 saturated heterocycles. The number of imidazole rings is 1. The van der Waals surface area contributed by atoms with Crippen molar-refractivity contribution in [1.82, 2.24) is 19.9 Å². The molecule has 0 radical (unpaired) electrons. The predicted molar refractivity (Wildman–Crippen MR) is 69.2 cm³/mol. The molecular weight excluding hydrogens is 282 g/mol. The predicted octanol–water partition coefficient (Wildman–Crippen LogP) is 2.36. The highest BCUT2D eigenvalue weighted by Gasteiger charge is 2.08. The molecule has 3 aromatic rings. The van der Waals surface area contributed by atoms with Crippen molar-refractivity contribution in [3.8, 4) is 11.4 Å². The number of nitrogen functional groups attached to an aromatic ring is 1. The first kappa shape index (κ1) is 10.2. The molecule has 6 heteroatoms. The Labute approximate surface area is 105 Å². The lowest BCUT2D eigenvalue weighted by molar-refractivity contribution is 1.21. The second kappa shape index (κ2) is 3.81. The summed E-state index contributed by atoms with van der Waals surface area (Å²) in [4.78, 5) is 15.5. The van der Waals surface area contributed by atoms with Crippen molar-refractivity contribution >= 4 is 32.9 Å². The van der Waals surface area contributed by atoms with E-state index < -0.39 is 0 Å². The molecule has 5 nitrogen and oxygen atoms in total. The standard InChI is InChI=1S/C11H8BrN5/c12-7-3-1-2-6(4-7)10-16-8-9(13)14-5-15-11(8)17-10/h1-5H,(H3,13,14,15,16,17). The van der Waals surface area contributed by atoms with Crippen molar-refractivity contribution in [3.05, 3.63) is 35.1 Å². The number of nitrogens with zero attached hydrogens (tertiary/aromatic N) is 3. The van der Waals surface area contributed by atoms with Crippen LogP contribution < -0.4 is 5.73 Å². The minimum atomic E-state index is 0.406. The Morgan fingerprint density at radius 1 is 1.24 bits per heavy atom. The zero-order valence-corrected chi connectivity index (χ0v) is 10.3. The van der Waals surface area contributed by atoms with Crippen LogP contribution >= 0.6 is 15.9 Å². The molecule has 17 heavy (non-hydrogen) atoms. The minimum Gasteiger partial charge on any atom is -0.382 e. The summed E-state index contributed by atoms with van der Waals surface area (Å²) in [6, 6.07) is 7.84. The van der Waals surface area contributed by atoms with Crippen LogP contribution in [-0.4, -0.2) is 19.9 Å². The zero-order valence-electron chi connectivity index (χ0n) is 8.68. The van der Waals surface area contributed by atoms with Crippen molar-refractivity contribution in [3.63, 3.8) is 0 Å². The molecule has 0 aliphatic rings. The first-order chi connectivity index (χ1) is 8.24. The third kappa shape index (κ3) is 1.76. The number of nitrogens with one attached hydrogen (secondary N) is 1. The van der Waals surface area contributed by atoms with Gasteiger partial charge in [-0.2, -0.15) is 0 Å². The van der Waals surface area contributed by atoms with Gasteiger partial charge in [0.05, 0.1) is 0 Å². The maximum Gasteiger partial charge on any atom is 0.183 e. The molecule has 0 atom stereocenters. The van der Waals surface area contributed by atoms with Crippen LogP contribution in [-0.2, 0) is 0 Å². The molecule has 0 bridgehead atoms. The Hall–Kier alpha value is -1.95. The number of halogens is 1. The molecule has 1 aromatic carbocycles. The summed E-state index contributed by atoms with van der Waals surface area (Å²) < 4.78 is 0.995. The fourth-order valence-corrected chi connectivity index (χ4v) is 2.02. The monoisotopic (exact) mass is 289 g/mol. The van der Waals surface area contributed by atoms with E-state index >= 15 is 0 Å².